The molecule has 1 saturated carbocycles. The summed E-state index contributed by atoms with van der Waals surface area (Å²) in [7, 11) is 1.65. The maximum absolute atomic E-state index is 6.23. The summed E-state index contributed by atoms with van der Waals surface area (Å²) in [6.07, 6.45) is 7.66. The number of nitrogens with two attached hydrogens (primary N) is 2. The molecule has 2 aliphatic rings. The van der Waals surface area contributed by atoms with Crippen molar-refractivity contribution in [2.75, 3.05) is 20.1 Å². The Bertz CT molecular complexity index is 443. The Labute approximate surface area is 145 Å². The van der Waals surface area contributed by atoms with Crippen LogP contribution in [-0.2, 0) is 6.42 Å². The number of halogens is 1. The first-order valence-electron chi connectivity index (χ1n) is 8.75. The minimum Gasteiger partial charge on any atom is -0.326 e. The molecule has 0 radical (unpaired) electrons. The second-order valence-corrected chi connectivity index (χ2v) is 7.20. The van der Waals surface area contributed by atoms with Gasteiger partial charge in [-0.25, -0.2) is 0 Å². The van der Waals surface area contributed by atoms with Crippen molar-refractivity contribution in [3.05, 3.63) is 34.9 Å². The van der Waals surface area contributed by atoms with Gasteiger partial charge in [0.05, 0.1) is 0 Å². The predicted molar refractivity (Wildman–Crippen MR) is 98.3 cm³/mol. The van der Waals surface area contributed by atoms with Gasteiger partial charge in [0.1, 0.15) is 0 Å². The van der Waals surface area contributed by atoms with Crippen LogP contribution in [0.4, 0.5) is 0 Å². The fraction of sp³-hybridized carbons (Fsp3) is 0.667. The largest absolute Gasteiger partial charge is 0.326 e. The number of hydrazine groups is 1. The first kappa shape index (κ1) is 18.7. The average molecular weight is 339 g/mol. The minimum absolute atomic E-state index is 0.419. The molecule has 2 fully saturated rings. The van der Waals surface area contributed by atoms with Crippen molar-refractivity contribution in [3.8, 4) is 0 Å². The molecule has 0 spiro atoms. The first-order valence-corrected chi connectivity index (χ1v) is 9.13. The van der Waals surface area contributed by atoms with Crippen LogP contribution in [-0.4, -0.2) is 37.1 Å². The summed E-state index contributed by atoms with van der Waals surface area (Å²) >= 11 is 5.94. The summed E-state index contributed by atoms with van der Waals surface area (Å²) in [6, 6.07) is 9.42. The quantitative estimate of drug-likeness (QED) is 0.585. The van der Waals surface area contributed by atoms with Crippen LogP contribution in [0.15, 0.2) is 24.3 Å². The van der Waals surface area contributed by atoms with Crippen LogP contribution in [0.3, 0.4) is 0 Å². The van der Waals surface area contributed by atoms with E-state index in [-0.39, 0.29) is 0 Å². The van der Waals surface area contributed by atoms with Crippen LogP contribution in [0.2, 0.25) is 5.02 Å². The number of hydrogen-bond donors (Lipinski definition) is 3. The van der Waals surface area contributed by atoms with Crippen molar-refractivity contribution in [2.24, 2.45) is 17.5 Å². The lowest BCUT2D eigenvalue weighted by atomic mass is 9.89. The number of benzene rings is 1. The normalized spacial score (nSPS) is 25.9. The molecule has 2 atom stereocenters. The number of hydrogen-bond acceptors (Lipinski definition) is 4. The topological polar surface area (TPSA) is 67.3 Å². The van der Waals surface area contributed by atoms with Crippen LogP contribution in [0, 0.1) is 5.92 Å². The summed E-state index contributed by atoms with van der Waals surface area (Å²) in [5.41, 5.74) is 9.90. The zero-order chi connectivity index (χ0) is 16.7. The van der Waals surface area contributed by atoms with Crippen molar-refractivity contribution in [3.63, 3.8) is 0 Å². The van der Waals surface area contributed by atoms with Gasteiger partial charge in [0.25, 0.3) is 0 Å². The minimum atomic E-state index is 0.419. The van der Waals surface area contributed by atoms with E-state index in [0.29, 0.717) is 12.1 Å². The SMILES string of the molecule is CNN.NC1CCCC1N1CCC(Cc2ccc(Cl)cc2)CC1. The Kier molecular flexibility index (Phi) is 7.80. The Hall–Kier alpha value is -0.650. The summed E-state index contributed by atoms with van der Waals surface area (Å²) in [6.45, 7) is 2.47. The lowest BCUT2D eigenvalue weighted by Crippen LogP contribution is -2.48. The van der Waals surface area contributed by atoms with Gasteiger partial charge in [-0.2, -0.15) is 0 Å². The van der Waals surface area contributed by atoms with E-state index in [1.54, 1.807) is 7.05 Å². The van der Waals surface area contributed by atoms with Gasteiger partial charge < -0.3 is 5.73 Å². The Morgan fingerprint density at radius 2 is 1.74 bits per heavy atom. The second-order valence-electron chi connectivity index (χ2n) is 6.76. The molecule has 0 amide bonds. The Morgan fingerprint density at radius 3 is 2.26 bits per heavy atom. The highest BCUT2D eigenvalue weighted by Crippen LogP contribution is 2.28. The first-order chi connectivity index (χ1) is 11.1. The van der Waals surface area contributed by atoms with E-state index in [0.717, 1.165) is 10.9 Å². The number of nitrogens with one attached hydrogen (secondary N) is 1. The lowest BCUT2D eigenvalue weighted by molar-refractivity contribution is 0.125. The van der Waals surface area contributed by atoms with Crippen molar-refractivity contribution in [2.45, 2.75) is 50.6 Å². The van der Waals surface area contributed by atoms with E-state index < -0.39 is 0 Å². The number of rotatable bonds is 3. The molecule has 4 nitrogen and oxygen atoms in total. The van der Waals surface area contributed by atoms with Gasteiger partial charge in [0.15, 0.2) is 0 Å². The summed E-state index contributed by atoms with van der Waals surface area (Å²) in [5, 5.41) is 0.832. The fourth-order valence-corrected chi connectivity index (χ4v) is 3.99. The second kappa shape index (κ2) is 9.60. The maximum Gasteiger partial charge on any atom is 0.0406 e. The van der Waals surface area contributed by atoms with Crippen LogP contribution in [0.1, 0.15) is 37.7 Å². The number of nitrogens with zero attached hydrogens (tertiary/aromatic N) is 1. The molecule has 0 aromatic heterocycles. The third-order valence-electron chi connectivity index (χ3n) is 5.09. The van der Waals surface area contributed by atoms with E-state index in [1.807, 2.05) is 12.1 Å². The van der Waals surface area contributed by atoms with E-state index in [4.69, 9.17) is 17.3 Å². The highest BCUT2D eigenvalue weighted by molar-refractivity contribution is 6.30. The van der Waals surface area contributed by atoms with Crippen LogP contribution in [0.25, 0.3) is 0 Å². The Balaban J connectivity index is 0.000000595. The maximum atomic E-state index is 6.23. The fourth-order valence-electron chi connectivity index (χ4n) is 3.87. The molecule has 0 bridgehead atoms. The molecule has 1 saturated heterocycles. The molecule has 1 aromatic rings. The van der Waals surface area contributed by atoms with Crippen LogP contribution in [0.5, 0.6) is 0 Å². The third-order valence-corrected chi connectivity index (χ3v) is 5.34. The Morgan fingerprint density at radius 1 is 1.13 bits per heavy atom. The van der Waals surface area contributed by atoms with Crippen molar-refractivity contribution >= 4 is 11.6 Å². The monoisotopic (exact) mass is 338 g/mol. The molecule has 1 aliphatic carbocycles. The van der Waals surface area contributed by atoms with E-state index >= 15 is 0 Å². The number of piperidine rings is 1. The molecule has 5 heteroatoms. The van der Waals surface area contributed by atoms with Crippen molar-refractivity contribution in [1.82, 2.24) is 10.3 Å². The van der Waals surface area contributed by atoms with Crippen molar-refractivity contribution < 1.29 is 0 Å². The molecular weight excluding hydrogens is 308 g/mol. The summed E-state index contributed by atoms with van der Waals surface area (Å²) in [4.78, 5) is 2.65. The van der Waals surface area contributed by atoms with Crippen molar-refractivity contribution in [1.29, 1.82) is 0 Å². The van der Waals surface area contributed by atoms with Gasteiger partial charge in [0, 0.05) is 17.1 Å². The van der Waals surface area contributed by atoms with Gasteiger partial charge in [-0.05, 0) is 75.9 Å². The summed E-state index contributed by atoms with van der Waals surface area (Å²) < 4.78 is 0. The molecule has 1 aliphatic heterocycles. The average Bonchev–Trinajstić information content (AvgIpc) is 2.97. The van der Waals surface area contributed by atoms with E-state index in [9.17, 15) is 0 Å². The van der Waals surface area contributed by atoms with Crippen LogP contribution < -0.4 is 17.0 Å². The number of likely N-dealkylation sites (tertiary alicyclic amines) is 1. The molecule has 3 rings (SSSR count). The van der Waals surface area contributed by atoms with Gasteiger partial charge in [0.2, 0.25) is 0 Å². The lowest BCUT2D eigenvalue weighted by Gasteiger charge is -2.37. The summed E-state index contributed by atoms with van der Waals surface area (Å²) in [5.74, 6) is 5.42. The molecule has 2 unspecified atom stereocenters. The standard InChI is InChI=1S/C17H25ClN2.CH6N2/c18-15-6-4-13(5-7-15)12-14-8-10-20(11-9-14)17-3-1-2-16(17)19;1-3-2/h4-7,14,16-17H,1-3,8-12,19H2;3H,2H2,1H3. The van der Waals surface area contributed by atoms with Gasteiger partial charge in [-0.3, -0.25) is 16.2 Å². The third kappa shape index (κ3) is 5.73. The van der Waals surface area contributed by atoms with E-state index in [2.05, 4.69) is 28.3 Å². The molecule has 5 N–H and O–H groups in total. The molecule has 130 valence electrons. The van der Waals surface area contributed by atoms with E-state index in [1.165, 1.54) is 57.2 Å². The zero-order valence-electron chi connectivity index (χ0n) is 14.2. The van der Waals surface area contributed by atoms with Gasteiger partial charge in [-0.15, -0.1) is 0 Å². The van der Waals surface area contributed by atoms with Gasteiger partial charge in [-0.1, -0.05) is 30.2 Å². The zero-order valence-corrected chi connectivity index (χ0v) is 14.9. The predicted octanol–water partition coefficient (Wildman–Crippen LogP) is 2.55. The van der Waals surface area contributed by atoms with Crippen LogP contribution >= 0.6 is 11.6 Å². The molecule has 23 heavy (non-hydrogen) atoms. The van der Waals surface area contributed by atoms with Gasteiger partial charge >= 0.3 is 0 Å². The molecule has 1 aromatic carbocycles. The molecular formula is C18H31ClN4. The highest BCUT2D eigenvalue weighted by Gasteiger charge is 2.31. The smallest absolute Gasteiger partial charge is 0.0406 e. The highest BCUT2D eigenvalue weighted by atomic mass is 35.5. The molecule has 1 heterocycles.